The van der Waals surface area contributed by atoms with Gasteiger partial charge >= 0.3 is 6.03 Å². The number of carbonyl (C=O) groups excluding carboxylic acids is 1. The lowest BCUT2D eigenvalue weighted by Gasteiger charge is -2.32. The van der Waals surface area contributed by atoms with Crippen LogP contribution in [0.1, 0.15) is 116 Å². The van der Waals surface area contributed by atoms with Gasteiger partial charge in [0.15, 0.2) is 0 Å². The molecule has 0 bridgehead atoms. The average Bonchev–Trinajstić information content (AvgIpc) is 2.80. The first-order valence-electron chi connectivity index (χ1n) is 14.1. The van der Waals surface area contributed by atoms with E-state index in [1.54, 1.807) is 0 Å². The lowest BCUT2D eigenvalue weighted by Crippen LogP contribution is -2.45. The van der Waals surface area contributed by atoms with Crippen LogP contribution in [0, 0.1) is 0 Å². The number of urea groups is 1. The zero-order valence-corrected chi connectivity index (χ0v) is 21.8. The van der Waals surface area contributed by atoms with E-state index in [2.05, 4.69) is 34.4 Å². The summed E-state index contributed by atoms with van der Waals surface area (Å²) in [5.41, 5.74) is 0. The van der Waals surface area contributed by atoms with E-state index in [9.17, 15) is 4.79 Å². The molecule has 1 rings (SSSR count). The van der Waals surface area contributed by atoms with E-state index >= 15 is 0 Å². The lowest BCUT2D eigenvalue weighted by molar-refractivity contribution is 0.153. The smallest absolute Gasteiger partial charge is 0.314 e. The van der Waals surface area contributed by atoms with Gasteiger partial charge in [-0.3, -0.25) is 0 Å². The molecule has 0 aliphatic carbocycles. The van der Waals surface area contributed by atoms with Crippen molar-refractivity contribution in [2.24, 2.45) is 0 Å². The Morgan fingerprint density at radius 3 is 1.47 bits per heavy atom. The second kappa shape index (κ2) is 22.0. The van der Waals surface area contributed by atoms with E-state index in [4.69, 9.17) is 0 Å². The molecule has 0 aromatic carbocycles. The van der Waals surface area contributed by atoms with E-state index in [-0.39, 0.29) is 6.03 Å². The van der Waals surface area contributed by atoms with Crippen LogP contribution in [-0.2, 0) is 0 Å². The molecule has 2 N–H and O–H groups in total. The van der Waals surface area contributed by atoms with Crippen molar-refractivity contribution in [1.29, 1.82) is 0 Å². The third kappa shape index (κ3) is 18.7. The van der Waals surface area contributed by atoms with Gasteiger partial charge in [-0.2, -0.15) is 0 Å². The topological polar surface area (TPSA) is 47.6 Å². The van der Waals surface area contributed by atoms with E-state index in [1.165, 1.54) is 96.3 Å². The summed E-state index contributed by atoms with van der Waals surface area (Å²) in [5.74, 6) is 0. The number of amides is 2. The summed E-state index contributed by atoms with van der Waals surface area (Å²) in [6, 6.07) is 0.00402. The van der Waals surface area contributed by atoms with Crippen LogP contribution in [0.4, 0.5) is 4.79 Å². The minimum absolute atomic E-state index is 0.00402. The molecule has 1 fully saturated rings. The maximum atomic E-state index is 11.9. The van der Waals surface area contributed by atoms with Crippen LogP contribution < -0.4 is 10.6 Å². The number of nitrogens with zero attached hydrogens (tertiary/aromatic N) is 2. The molecule has 190 valence electrons. The van der Waals surface area contributed by atoms with Crippen molar-refractivity contribution < 1.29 is 4.79 Å². The van der Waals surface area contributed by atoms with Gasteiger partial charge < -0.3 is 20.4 Å². The summed E-state index contributed by atoms with van der Waals surface area (Å²) < 4.78 is 0. The normalized spacial score (nSPS) is 15.2. The number of rotatable bonds is 21. The minimum atomic E-state index is 0.00402. The van der Waals surface area contributed by atoms with Crippen molar-refractivity contribution >= 4 is 6.03 Å². The molecule has 0 aromatic heterocycles. The highest BCUT2D eigenvalue weighted by Crippen LogP contribution is 2.13. The number of likely N-dealkylation sites (N-methyl/N-ethyl adjacent to an activating group) is 1. The number of carbonyl (C=O) groups is 1. The quantitative estimate of drug-likeness (QED) is 0.204. The second-order valence-electron chi connectivity index (χ2n) is 9.98. The fourth-order valence-corrected chi connectivity index (χ4v) is 4.51. The molecular formula is C27H56N4O. The van der Waals surface area contributed by atoms with E-state index in [1.807, 2.05) is 0 Å². The first-order chi connectivity index (χ1) is 15.7. The first kappa shape index (κ1) is 29.2. The van der Waals surface area contributed by atoms with Gasteiger partial charge in [0, 0.05) is 39.3 Å². The highest BCUT2D eigenvalue weighted by molar-refractivity contribution is 5.73. The van der Waals surface area contributed by atoms with Gasteiger partial charge in [0.05, 0.1) is 0 Å². The summed E-state index contributed by atoms with van der Waals surface area (Å²) in [5, 5.41) is 6.00. The maximum absolute atomic E-state index is 11.9. The highest BCUT2D eigenvalue weighted by atomic mass is 16.2. The largest absolute Gasteiger partial charge is 0.338 e. The van der Waals surface area contributed by atoms with Gasteiger partial charge in [0.2, 0.25) is 0 Å². The molecule has 32 heavy (non-hydrogen) atoms. The molecule has 2 amide bonds. The van der Waals surface area contributed by atoms with E-state index in [0.29, 0.717) is 0 Å². The molecule has 0 spiro atoms. The molecule has 1 aliphatic rings. The van der Waals surface area contributed by atoms with Crippen molar-refractivity contribution in [2.75, 3.05) is 52.9 Å². The van der Waals surface area contributed by atoms with Crippen LogP contribution in [0.5, 0.6) is 0 Å². The zero-order valence-electron chi connectivity index (χ0n) is 21.8. The molecular weight excluding hydrogens is 396 g/mol. The number of nitrogens with one attached hydrogen (secondary N) is 2. The fourth-order valence-electron chi connectivity index (χ4n) is 4.51. The van der Waals surface area contributed by atoms with Crippen molar-refractivity contribution in [3.63, 3.8) is 0 Å². The number of piperazine rings is 1. The van der Waals surface area contributed by atoms with Gasteiger partial charge in [-0.05, 0) is 26.4 Å². The Labute approximate surface area is 200 Å². The summed E-state index contributed by atoms with van der Waals surface area (Å²) in [4.78, 5) is 16.7. The molecule has 1 heterocycles. The Bertz CT molecular complexity index is 410. The Balaban J connectivity index is 1.72. The van der Waals surface area contributed by atoms with Crippen LogP contribution in [0.3, 0.4) is 0 Å². The molecule has 0 unspecified atom stereocenters. The predicted octanol–water partition coefficient (Wildman–Crippen LogP) is 6.18. The maximum Gasteiger partial charge on any atom is 0.314 e. The molecule has 0 saturated carbocycles. The van der Waals surface area contributed by atoms with Gasteiger partial charge in [0.25, 0.3) is 0 Å². The Kier molecular flexibility index (Phi) is 20.1. The van der Waals surface area contributed by atoms with Crippen molar-refractivity contribution in [3.05, 3.63) is 0 Å². The standard InChI is InChI=1S/C27H56N4O/c1-3-4-5-6-7-8-9-10-11-12-13-14-15-16-17-18-20-28-27(32)29-21-19-22-31-25-23-30(2)24-26-31/h3-26H2,1-2H3,(H2,28,29,32). The fraction of sp³-hybridized carbons (Fsp3) is 0.963. The second-order valence-corrected chi connectivity index (χ2v) is 9.98. The molecule has 0 atom stereocenters. The van der Waals surface area contributed by atoms with Crippen LogP contribution >= 0.6 is 0 Å². The van der Waals surface area contributed by atoms with Crippen LogP contribution in [0.25, 0.3) is 0 Å². The third-order valence-electron chi connectivity index (χ3n) is 6.85. The molecule has 1 saturated heterocycles. The lowest BCUT2D eigenvalue weighted by atomic mass is 10.0. The SMILES string of the molecule is CCCCCCCCCCCCCCCCCCNC(=O)NCCCN1CCN(C)CC1. The van der Waals surface area contributed by atoms with E-state index < -0.39 is 0 Å². The summed E-state index contributed by atoms with van der Waals surface area (Å²) in [7, 11) is 2.18. The highest BCUT2D eigenvalue weighted by Gasteiger charge is 2.12. The van der Waals surface area contributed by atoms with Crippen molar-refractivity contribution in [1.82, 2.24) is 20.4 Å². The Morgan fingerprint density at radius 1 is 0.594 bits per heavy atom. The first-order valence-corrected chi connectivity index (χ1v) is 14.1. The monoisotopic (exact) mass is 452 g/mol. The van der Waals surface area contributed by atoms with Crippen LogP contribution in [0.2, 0.25) is 0 Å². The number of hydrogen-bond acceptors (Lipinski definition) is 3. The van der Waals surface area contributed by atoms with Crippen molar-refractivity contribution in [2.45, 2.75) is 116 Å². The number of hydrogen-bond donors (Lipinski definition) is 2. The number of unbranched alkanes of at least 4 members (excludes halogenated alkanes) is 15. The van der Waals surface area contributed by atoms with Crippen LogP contribution in [0.15, 0.2) is 0 Å². The minimum Gasteiger partial charge on any atom is -0.338 e. The van der Waals surface area contributed by atoms with Gasteiger partial charge in [-0.15, -0.1) is 0 Å². The molecule has 1 aliphatic heterocycles. The molecule has 0 radical (unpaired) electrons. The third-order valence-corrected chi connectivity index (χ3v) is 6.85. The Morgan fingerprint density at radius 2 is 1.00 bits per heavy atom. The van der Waals surface area contributed by atoms with Crippen molar-refractivity contribution in [3.8, 4) is 0 Å². The predicted molar refractivity (Wildman–Crippen MR) is 140 cm³/mol. The summed E-state index contributed by atoms with van der Waals surface area (Å²) >= 11 is 0. The molecule has 5 nitrogen and oxygen atoms in total. The zero-order chi connectivity index (χ0) is 23.1. The summed E-state index contributed by atoms with van der Waals surface area (Å²) in [6.07, 6.45) is 23.2. The van der Waals surface area contributed by atoms with Gasteiger partial charge in [-0.25, -0.2) is 4.79 Å². The van der Waals surface area contributed by atoms with Gasteiger partial charge in [-0.1, -0.05) is 103 Å². The van der Waals surface area contributed by atoms with E-state index in [0.717, 1.165) is 58.7 Å². The summed E-state index contributed by atoms with van der Waals surface area (Å²) in [6.45, 7) is 9.59. The molecule has 0 aromatic rings. The Hall–Kier alpha value is -0.810. The van der Waals surface area contributed by atoms with Gasteiger partial charge in [0.1, 0.15) is 0 Å². The average molecular weight is 453 g/mol. The molecule has 5 heteroatoms. The van der Waals surface area contributed by atoms with Crippen LogP contribution in [-0.4, -0.2) is 68.7 Å².